The second-order valence-electron chi connectivity index (χ2n) is 3.61. The van der Waals surface area contributed by atoms with E-state index in [1.165, 1.54) is 5.57 Å². The van der Waals surface area contributed by atoms with Crippen molar-refractivity contribution in [2.75, 3.05) is 5.88 Å². The highest BCUT2D eigenvalue weighted by Crippen LogP contribution is 2.15. The van der Waals surface area contributed by atoms with Crippen LogP contribution in [0.15, 0.2) is 42.5 Å². The van der Waals surface area contributed by atoms with Crippen LogP contribution < -0.4 is 0 Å². The maximum Gasteiger partial charge on any atom is 0.0801 e. The molecule has 0 aliphatic heterocycles. The maximum absolute atomic E-state index is 9.44. The van der Waals surface area contributed by atoms with Gasteiger partial charge in [-0.25, -0.2) is 0 Å². The largest absolute Gasteiger partial charge is 0.388 e. The average Bonchev–Trinajstić information content (AvgIpc) is 2.19. The maximum atomic E-state index is 9.44. The second kappa shape index (κ2) is 8.51. The molecule has 1 rings (SSSR count). The van der Waals surface area contributed by atoms with Crippen molar-refractivity contribution in [1.82, 2.24) is 0 Å². The third-order valence-corrected chi connectivity index (χ3v) is 1.79. The van der Waals surface area contributed by atoms with Crippen molar-refractivity contribution in [2.45, 2.75) is 26.4 Å². The summed E-state index contributed by atoms with van der Waals surface area (Å²) >= 11 is 5.49. The number of aliphatic hydroxyl groups excluding tert-OH is 1. The number of hydrogen-bond acceptors (Lipinski definition) is 1. The van der Waals surface area contributed by atoms with E-state index in [2.05, 4.69) is 6.58 Å². The van der Waals surface area contributed by atoms with Crippen molar-refractivity contribution < 1.29 is 5.11 Å². The highest BCUT2D eigenvalue weighted by Gasteiger charge is 2.03. The Labute approximate surface area is 97.4 Å². The second-order valence-corrected chi connectivity index (χ2v) is 3.99. The van der Waals surface area contributed by atoms with Crippen LogP contribution in [0.3, 0.4) is 0 Å². The highest BCUT2D eigenvalue weighted by molar-refractivity contribution is 6.17. The molecule has 0 aliphatic rings. The third kappa shape index (κ3) is 8.22. The van der Waals surface area contributed by atoms with Gasteiger partial charge in [0.25, 0.3) is 0 Å². The number of alkyl halides is 1. The van der Waals surface area contributed by atoms with E-state index in [1.54, 1.807) is 0 Å². The minimum absolute atomic E-state index is 0.409. The molecule has 0 saturated heterocycles. The third-order valence-electron chi connectivity index (χ3n) is 1.57. The molecular weight excluding hydrogens is 208 g/mol. The van der Waals surface area contributed by atoms with Crippen molar-refractivity contribution in [3.05, 3.63) is 48.0 Å². The summed E-state index contributed by atoms with van der Waals surface area (Å²) in [4.78, 5) is 0. The minimum Gasteiger partial charge on any atom is -0.388 e. The number of rotatable bonds is 3. The lowest BCUT2D eigenvalue weighted by Crippen LogP contribution is -1.96. The van der Waals surface area contributed by atoms with Crippen LogP contribution in [-0.2, 0) is 0 Å². The van der Waals surface area contributed by atoms with E-state index in [-0.39, 0.29) is 0 Å². The van der Waals surface area contributed by atoms with E-state index in [0.717, 1.165) is 5.56 Å². The Morgan fingerprint density at radius 2 is 1.80 bits per heavy atom. The monoisotopic (exact) mass is 226 g/mol. The Bertz CT molecular complexity index is 265. The number of benzene rings is 1. The predicted octanol–water partition coefficient (Wildman–Crippen LogP) is 3.93. The number of halogens is 1. The lowest BCUT2D eigenvalue weighted by Gasteiger charge is -2.07. The van der Waals surface area contributed by atoms with E-state index in [9.17, 15) is 5.11 Å². The lowest BCUT2D eigenvalue weighted by atomic mass is 10.1. The highest BCUT2D eigenvalue weighted by atomic mass is 35.5. The predicted molar refractivity (Wildman–Crippen MR) is 67.2 cm³/mol. The van der Waals surface area contributed by atoms with Crippen molar-refractivity contribution in [2.24, 2.45) is 0 Å². The van der Waals surface area contributed by atoms with E-state index in [4.69, 9.17) is 11.6 Å². The van der Waals surface area contributed by atoms with Crippen LogP contribution >= 0.6 is 11.6 Å². The molecule has 2 heteroatoms. The average molecular weight is 227 g/mol. The zero-order chi connectivity index (χ0) is 11.7. The molecule has 1 unspecified atom stereocenters. The van der Waals surface area contributed by atoms with Gasteiger partial charge in [0.1, 0.15) is 0 Å². The quantitative estimate of drug-likeness (QED) is 0.612. The Hall–Kier alpha value is -0.790. The van der Waals surface area contributed by atoms with Crippen LogP contribution in [0.1, 0.15) is 31.9 Å². The molecule has 1 N–H and O–H groups in total. The van der Waals surface area contributed by atoms with E-state index >= 15 is 0 Å². The Morgan fingerprint density at radius 1 is 1.33 bits per heavy atom. The van der Waals surface area contributed by atoms with E-state index in [0.29, 0.717) is 12.3 Å². The molecule has 1 aromatic rings. The molecule has 1 atom stereocenters. The van der Waals surface area contributed by atoms with Gasteiger partial charge < -0.3 is 5.11 Å². The lowest BCUT2D eigenvalue weighted by molar-refractivity contribution is 0.174. The van der Waals surface area contributed by atoms with Crippen LogP contribution in [0, 0.1) is 0 Å². The molecule has 0 radical (unpaired) electrons. The van der Waals surface area contributed by atoms with Gasteiger partial charge in [-0.05, 0) is 25.8 Å². The fraction of sp³-hybridized carbons (Fsp3) is 0.385. The van der Waals surface area contributed by atoms with E-state index < -0.39 is 6.10 Å². The first-order valence-electron chi connectivity index (χ1n) is 4.99. The molecule has 15 heavy (non-hydrogen) atoms. The Balaban J connectivity index is 0.000000423. The fourth-order valence-electron chi connectivity index (χ4n) is 0.945. The molecular formula is C13H19ClO. The molecule has 1 nitrogen and oxygen atoms in total. The molecule has 0 bridgehead atoms. The van der Waals surface area contributed by atoms with Gasteiger partial charge in [-0.1, -0.05) is 35.9 Å². The molecule has 0 saturated carbocycles. The van der Waals surface area contributed by atoms with Crippen LogP contribution in [-0.4, -0.2) is 11.0 Å². The smallest absolute Gasteiger partial charge is 0.0801 e. The molecule has 0 amide bonds. The van der Waals surface area contributed by atoms with Gasteiger partial charge in [-0.15, -0.1) is 18.2 Å². The summed E-state index contributed by atoms with van der Waals surface area (Å²) in [6.07, 6.45) is 0.208. The van der Waals surface area contributed by atoms with Gasteiger partial charge >= 0.3 is 0 Å². The van der Waals surface area contributed by atoms with Gasteiger partial charge in [0, 0.05) is 5.88 Å². The summed E-state index contributed by atoms with van der Waals surface area (Å²) in [5.74, 6) is 0.496. The Morgan fingerprint density at radius 3 is 2.20 bits per heavy atom. The summed E-state index contributed by atoms with van der Waals surface area (Å²) < 4.78 is 0. The summed E-state index contributed by atoms with van der Waals surface area (Å²) in [5, 5.41) is 9.44. The summed E-state index contributed by atoms with van der Waals surface area (Å²) in [7, 11) is 0. The first kappa shape index (κ1) is 14.2. The van der Waals surface area contributed by atoms with Crippen molar-refractivity contribution >= 4 is 11.6 Å². The van der Waals surface area contributed by atoms with Crippen molar-refractivity contribution in [1.29, 1.82) is 0 Å². The minimum atomic E-state index is -0.409. The molecule has 0 aromatic heterocycles. The zero-order valence-electron chi connectivity index (χ0n) is 9.41. The summed E-state index contributed by atoms with van der Waals surface area (Å²) in [5.41, 5.74) is 2.10. The first-order valence-corrected chi connectivity index (χ1v) is 5.52. The molecule has 0 heterocycles. The summed E-state index contributed by atoms with van der Waals surface area (Å²) in [6.45, 7) is 7.50. The normalized spacial score (nSPS) is 11.2. The zero-order valence-corrected chi connectivity index (χ0v) is 10.2. The molecule has 1 aromatic carbocycles. The molecule has 0 spiro atoms. The van der Waals surface area contributed by atoms with Crippen LogP contribution in [0.4, 0.5) is 0 Å². The van der Waals surface area contributed by atoms with Gasteiger partial charge in [-0.3, -0.25) is 0 Å². The number of aliphatic hydroxyl groups is 1. The topological polar surface area (TPSA) is 20.2 Å². The van der Waals surface area contributed by atoms with E-state index in [1.807, 2.05) is 44.2 Å². The van der Waals surface area contributed by atoms with Gasteiger partial charge in [0.2, 0.25) is 0 Å². The van der Waals surface area contributed by atoms with Gasteiger partial charge in [-0.2, -0.15) is 0 Å². The van der Waals surface area contributed by atoms with Gasteiger partial charge in [0.05, 0.1) is 6.10 Å². The SMILES string of the molecule is C=C(C)C.OC(CCCl)c1ccccc1. The number of hydrogen-bond donors (Lipinski definition) is 1. The van der Waals surface area contributed by atoms with Crippen LogP contribution in [0.2, 0.25) is 0 Å². The number of allylic oxidation sites excluding steroid dienone is 1. The molecule has 84 valence electrons. The summed E-state index contributed by atoms with van der Waals surface area (Å²) in [6, 6.07) is 9.55. The van der Waals surface area contributed by atoms with Crippen molar-refractivity contribution in [3.8, 4) is 0 Å². The van der Waals surface area contributed by atoms with Gasteiger partial charge in [0.15, 0.2) is 0 Å². The molecule has 0 aliphatic carbocycles. The van der Waals surface area contributed by atoms with Crippen LogP contribution in [0.5, 0.6) is 0 Å². The van der Waals surface area contributed by atoms with Crippen LogP contribution in [0.25, 0.3) is 0 Å². The fourth-order valence-corrected chi connectivity index (χ4v) is 1.15. The Kier molecular flexibility index (Phi) is 8.06. The molecule has 0 fully saturated rings. The standard InChI is InChI=1S/C9H11ClO.C4H8/c10-7-6-9(11)8-4-2-1-3-5-8;1-4(2)3/h1-5,9,11H,6-7H2;1H2,2-3H3. The first-order chi connectivity index (χ1) is 7.07. The van der Waals surface area contributed by atoms with Crippen molar-refractivity contribution in [3.63, 3.8) is 0 Å².